The minimum Gasteiger partial charge on any atom is -0.496 e. The Balaban J connectivity index is 1.61. The van der Waals surface area contributed by atoms with Crippen molar-refractivity contribution in [3.63, 3.8) is 0 Å². The van der Waals surface area contributed by atoms with Crippen molar-refractivity contribution in [2.24, 2.45) is 5.92 Å². The van der Waals surface area contributed by atoms with Crippen LogP contribution in [0.1, 0.15) is 19.3 Å². The average molecular weight is 238 g/mol. The van der Waals surface area contributed by atoms with E-state index in [0.717, 1.165) is 25.9 Å². The first-order valence-electron chi connectivity index (χ1n) is 5.86. The van der Waals surface area contributed by atoms with Gasteiger partial charge in [0.1, 0.15) is 6.10 Å². The van der Waals surface area contributed by atoms with Gasteiger partial charge in [0.2, 0.25) is 0 Å². The third-order valence-corrected chi connectivity index (χ3v) is 3.30. The summed E-state index contributed by atoms with van der Waals surface area (Å²) in [5.74, 6) is 0.531. The molecule has 16 heavy (non-hydrogen) atoms. The molecule has 2 aliphatic rings. The van der Waals surface area contributed by atoms with E-state index >= 15 is 0 Å². The summed E-state index contributed by atoms with van der Waals surface area (Å²) in [7, 11) is 2.72. The average Bonchev–Trinajstić information content (AvgIpc) is 2.33. The maximum absolute atomic E-state index is 5.70. The Morgan fingerprint density at radius 2 is 2.38 bits per heavy atom. The van der Waals surface area contributed by atoms with Crippen molar-refractivity contribution in [1.29, 1.82) is 0 Å². The van der Waals surface area contributed by atoms with Crippen molar-refractivity contribution in [1.82, 2.24) is 0 Å². The summed E-state index contributed by atoms with van der Waals surface area (Å²) in [6.07, 6.45) is 14.0. The van der Waals surface area contributed by atoms with Crippen molar-refractivity contribution >= 4 is 9.24 Å². The molecular formula is C13H19O2P. The Kier molecular flexibility index (Phi) is 4.62. The van der Waals surface area contributed by atoms with E-state index in [4.69, 9.17) is 9.47 Å². The van der Waals surface area contributed by atoms with E-state index in [-0.39, 0.29) is 6.10 Å². The van der Waals surface area contributed by atoms with Crippen LogP contribution >= 0.6 is 9.24 Å². The van der Waals surface area contributed by atoms with Crippen LogP contribution in [0.25, 0.3) is 0 Å². The highest BCUT2D eigenvalue weighted by Gasteiger charge is 2.13. The van der Waals surface area contributed by atoms with Gasteiger partial charge in [-0.3, -0.25) is 0 Å². The van der Waals surface area contributed by atoms with Gasteiger partial charge in [-0.25, -0.2) is 0 Å². The summed E-state index contributed by atoms with van der Waals surface area (Å²) in [5, 5.41) is 1.28. The lowest BCUT2D eigenvalue weighted by Crippen LogP contribution is -2.21. The highest BCUT2D eigenvalue weighted by Crippen LogP contribution is 2.20. The lowest BCUT2D eigenvalue weighted by atomic mass is 10.0. The molecule has 0 fully saturated rings. The van der Waals surface area contributed by atoms with Gasteiger partial charge in [-0.1, -0.05) is 18.2 Å². The molecule has 1 heterocycles. The maximum Gasteiger partial charge on any atom is 0.121 e. The summed E-state index contributed by atoms with van der Waals surface area (Å²) >= 11 is 0. The lowest BCUT2D eigenvalue weighted by Gasteiger charge is -2.21. The third-order valence-electron chi connectivity index (χ3n) is 2.88. The highest BCUT2D eigenvalue weighted by atomic mass is 31.0. The second-order valence-electron chi connectivity index (χ2n) is 4.30. The molecule has 3 heteroatoms. The molecule has 0 radical (unpaired) electrons. The molecule has 88 valence electrons. The Bertz CT molecular complexity index is 307. The minimum absolute atomic E-state index is 0.255. The summed E-state index contributed by atoms with van der Waals surface area (Å²) in [5.41, 5.74) is 0. The van der Waals surface area contributed by atoms with Crippen LogP contribution in [0, 0.1) is 5.92 Å². The van der Waals surface area contributed by atoms with Gasteiger partial charge >= 0.3 is 0 Å². The number of allylic oxidation sites excluding steroid dienone is 4. The lowest BCUT2D eigenvalue weighted by molar-refractivity contribution is 0.0102. The first kappa shape index (κ1) is 11.9. The van der Waals surface area contributed by atoms with Crippen LogP contribution in [-0.2, 0) is 9.47 Å². The molecule has 1 aliphatic heterocycles. The van der Waals surface area contributed by atoms with E-state index in [1.165, 1.54) is 5.31 Å². The molecule has 0 spiro atoms. The maximum atomic E-state index is 5.70. The predicted molar refractivity (Wildman–Crippen MR) is 69.1 cm³/mol. The molecule has 0 bridgehead atoms. The molecule has 3 atom stereocenters. The predicted octanol–water partition coefficient (Wildman–Crippen LogP) is 3.03. The fourth-order valence-electron chi connectivity index (χ4n) is 1.86. The van der Waals surface area contributed by atoms with Crippen LogP contribution in [0.4, 0.5) is 0 Å². The zero-order valence-electron chi connectivity index (χ0n) is 9.47. The van der Waals surface area contributed by atoms with Crippen LogP contribution in [-0.4, -0.2) is 19.3 Å². The van der Waals surface area contributed by atoms with E-state index in [9.17, 15) is 0 Å². The zero-order valence-corrected chi connectivity index (χ0v) is 10.6. The molecule has 0 saturated carbocycles. The topological polar surface area (TPSA) is 18.5 Å². The summed E-state index contributed by atoms with van der Waals surface area (Å²) in [6, 6.07) is 0. The van der Waals surface area contributed by atoms with Crippen LogP contribution in [0.2, 0.25) is 0 Å². The molecular weight excluding hydrogens is 219 g/mol. The number of ether oxygens (including phenoxy) is 2. The largest absolute Gasteiger partial charge is 0.496 e. The second kappa shape index (κ2) is 6.22. The van der Waals surface area contributed by atoms with Gasteiger partial charge < -0.3 is 9.47 Å². The van der Waals surface area contributed by atoms with Crippen LogP contribution in [0.3, 0.4) is 0 Å². The quantitative estimate of drug-likeness (QED) is 0.701. The Hall–Kier alpha value is -0.590. The number of hydrogen-bond acceptors (Lipinski definition) is 2. The SMILES string of the molecule is PC1=CCC(COCC2CCC=CO2)C=C1. The van der Waals surface area contributed by atoms with E-state index in [1.54, 1.807) is 6.26 Å². The molecule has 0 N–H and O–H groups in total. The fraction of sp³-hybridized carbons (Fsp3) is 0.538. The summed E-state index contributed by atoms with van der Waals surface area (Å²) in [4.78, 5) is 0. The Morgan fingerprint density at radius 1 is 1.44 bits per heavy atom. The minimum atomic E-state index is 0.255. The molecule has 0 aromatic carbocycles. The van der Waals surface area contributed by atoms with E-state index in [2.05, 4.69) is 33.5 Å². The van der Waals surface area contributed by atoms with Crippen molar-refractivity contribution in [3.8, 4) is 0 Å². The standard InChI is InChI=1S/C13H19O2P/c16-13-6-4-11(5-7-13)9-14-10-12-3-1-2-8-15-12/h2,4,6-8,11-12H,1,3,5,9-10,16H2. The molecule has 0 saturated heterocycles. The van der Waals surface area contributed by atoms with Crippen LogP contribution in [0.15, 0.2) is 35.9 Å². The Labute approximate surface area is 99.6 Å². The molecule has 0 aromatic heterocycles. The summed E-state index contributed by atoms with van der Waals surface area (Å²) in [6.45, 7) is 1.51. The normalized spacial score (nSPS) is 28.7. The second-order valence-corrected chi connectivity index (χ2v) is 4.97. The fourth-order valence-corrected chi connectivity index (χ4v) is 2.11. The van der Waals surface area contributed by atoms with Gasteiger partial charge in [0.25, 0.3) is 0 Å². The monoisotopic (exact) mass is 238 g/mol. The van der Waals surface area contributed by atoms with Crippen LogP contribution < -0.4 is 0 Å². The molecule has 0 amide bonds. The highest BCUT2D eigenvalue weighted by molar-refractivity contribution is 7.22. The van der Waals surface area contributed by atoms with Crippen molar-refractivity contribution in [2.45, 2.75) is 25.4 Å². The Morgan fingerprint density at radius 3 is 3.06 bits per heavy atom. The molecule has 2 rings (SSSR count). The van der Waals surface area contributed by atoms with Crippen LogP contribution in [0.5, 0.6) is 0 Å². The number of hydrogen-bond donors (Lipinski definition) is 0. The van der Waals surface area contributed by atoms with Gasteiger partial charge in [-0.05, 0) is 30.7 Å². The van der Waals surface area contributed by atoms with Gasteiger partial charge in [0.15, 0.2) is 0 Å². The number of rotatable bonds is 4. The van der Waals surface area contributed by atoms with Gasteiger partial charge in [-0.15, -0.1) is 9.24 Å². The zero-order chi connectivity index (χ0) is 11.2. The summed E-state index contributed by atoms with van der Waals surface area (Å²) < 4.78 is 11.1. The van der Waals surface area contributed by atoms with Gasteiger partial charge in [0.05, 0.1) is 19.5 Å². The van der Waals surface area contributed by atoms with Crippen molar-refractivity contribution < 1.29 is 9.47 Å². The van der Waals surface area contributed by atoms with Crippen molar-refractivity contribution in [3.05, 3.63) is 35.9 Å². The van der Waals surface area contributed by atoms with E-state index in [1.807, 2.05) is 0 Å². The molecule has 3 unspecified atom stereocenters. The smallest absolute Gasteiger partial charge is 0.121 e. The first-order chi connectivity index (χ1) is 7.84. The van der Waals surface area contributed by atoms with Gasteiger partial charge in [-0.2, -0.15) is 0 Å². The molecule has 1 aliphatic carbocycles. The van der Waals surface area contributed by atoms with E-state index in [0.29, 0.717) is 12.5 Å². The van der Waals surface area contributed by atoms with Gasteiger partial charge in [0, 0.05) is 5.92 Å². The third kappa shape index (κ3) is 3.77. The van der Waals surface area contributed by atoms with E-state index < -0.39 is 0 Å². The first-order valence-corrected chi connectivity index (χ1v) is 6.44. The van der Waals surface area contributed by atoms with Crippen molar-refractivity contribution in [2.75, 3.05) is 13.2 Å². The molecule has 0 aromatic rings. The molecule has 2 nitrogen and oxygen atoms in total.